The summed E-state index contributed by atoms with van der Waals surface area (Å²) in [5.41, 5.74) is 0.633. The maximum atomic E-state index is 13.6. The first kappa shape index (κ1) is 13.5. The zero-order chi connectivity index (χ0) is 13.8. The van der Waals surface area contributed by atoms with Gasteiger partial charge in [-0.1, -0.05) is 29.8 Å². The zero-order valence-electron chi connectivity index (χ0n) is 10.2. The number of nitrogens with zero attached hydrogens (tertiary/aromatic N) is 1. The highest BCUT2D eigenvalue weighted by molar-refractivity contribution is 6.30. The van der Waals surface area contributed by atoms with E-state index in [1.807, 2.05) is 0 Å². The van der Waals surface area contributed by atoms with E-state index in [-0.39, 0.29) is 11.5 Å². The summed E-state index contributed by atoms with van der Waals surface area (Å²) in [7, 11) is 0. The van der Waals surface area contributed by atoms with Crippen LogP contribution in [0.1, 0.15) is 29.0 Å². The van der Waals surface area contributed by atoms with Gasteiger partial charge in [0.2, 0.25) is 0 Å². The molecular weight excluding hydrogens is 267 g/mol. The number of hydrogen-bond acceptors (Lipinski definition) is 2. The van der Waals surface area contributed by atoms with E-state index in [1.54, 1.807) is 31.2 Å². The monoisotopic (exact) mass is 278 g/mol. The summed E-state index contributed by atoms with van der Waals surface area (Å²) in [5, 5.41) is 3.11. The van der Waals surface area contributed by atoms with Crippen LogP contribution in [0, 0.1) is 5.82 Å². The predicted molar refractivity (Wildman–Crippen MR) is 71.5 cm³/mol. The normalized spacial score (nSPS) is 11.9. The summed E-state index contributed by atoms with van der Waals surface area (Å²) in [5.74, 6) is -0.743. The second-order valence-corrected chi connectivity index (χ2v) is 4.51. The van der Waals surface area contributed by atoms with Gasteiger partial charge in [0.05, 0.1) is 6.04 Å². The molecule has 0 bridgehead atoms. The van der Waals surface area contributed by atoms with E-state index in [9.17, 15) is 9.18 Å². The van der Waals surface area contributed by atoms with Crippen molar-refractivity contribution in [2.24, 2.45) is 0 Å². The maximum absolute atomic E-state index is 13.6. The molecule has 1 unspecified atom stereocenters. The minimum absolute atomic E-state index is 0.204. The van der Waals surface area contributed by atoms with Gasteiger partial charge in [0, 0.05) is 16.8 Å². The highest BCUT2D eigenvalue weighted by atomic mass is 35.5. The highest BCUT2D eigenvalue weighted by Gasteiger charge is 2.15. The second kappa shape index (κ2) is 5.80. The van der Waals surface area contributed by atoms with E-state index >= 15 is 0 Å². The zero-order valence-corrected chi connectivity index (χ0v) is 11.0. The van der Waals surface area contributed by atoms with Crippen molar-refractivity contribution in [3.05, 3.63) is 64.7 Å². The lowest BCUT2D eigenvalue weighted by Gasteiger charge is -2.14. The van der Waals surface area contributed by atoms with E-state index < -0.39 is 11.9 Å². The summed E-state index contributed by atoms with van der Waals surface area (Å²) >= 11 is 5.79. The minimum atomic E-state index is -0.450. The Hall–Kier alpha value is -1.94. The standard InChI is InChI=1S/C14H12ClFN2O/c1-9(11-4-2-3-5-12(11)16)18-14(19)13-8-10(15)6-7-17-13/h2-9H,1H3,(H,18,19). The fourth-order valence-electron chi connectivity index (χ4n) is 1.70. The molecular formula is C14H12ClFN2O. The first-order valence-electron chi connectivity index (χ1n) is 5.75. The van der Waals surface area contributed by atoms with Crippen LogP contribution in [-0.2, 0) is 0 Å². The van der Waals surface area contributed by atoms with Crippen LogP contribution in [0.4, 0.5) is 4.39 Å². The average molecular weight is 279 g/mol. The number of hydrogen-bond donors (Lipinski definition) is 1. The fourth-order valence-corrected chi connectivity index (χ4v) is 1.86. The fraction of sp³-hybridized carbons (Fsp3) is 0.143. The maximum Gasteiger partial charge on any atom is 0.270 e. The van der Waals surface area contributed by atoms with Crippen LogP contribution in [0.15, 0.2) is 42.6 Å². The molecule has 0 spiro atoms. The first-order chi connectivity index (χ1) is 9.08. The summed E-state index contributed by atoms with van der Waals surface area (Å²) in [6.07, 6.45) is 1.45. The Morgan fingerprint density at radius 2 is 2.11 bits per heavy atom. The number of rotatable bonds is 3. The lowest BCUT2D eigenvalue weighted by atomic mass is 10.1. The molecule has 0 radical (unpaired) electrons. The van der Waals surface area contributed by atoms with E-state index in [1.165, 1.54) is 18.3 Å². The van der Waals surface area contributed by atoms with Crippen LogP contribution in [0.5, 0.6) is 0 Å². The molecule has 1 amide bonds. The molecule has 5 heteroatoms. The Balaban J connectivity index is 2.13. The summed E-state index contributed by atoms with van der Waals surface area (Å²) in [6.45, 7) is 1.71. The number of amides is 1. The molecule has 19 heavy (non-hydrogen) atoms. The quantitative estimate of drug-likeness (QED) is 0.935. The number of nitrogens with one attached hydrogen (secondary N) is 1. The third kappa shape index (κ3) is 3.29. The Labute approximate surface area is 115 Å². The topological polar surface area (TPSA) is 42.0 Å². The van der Waals surface area contributed by atoms with Gasteiger partial charge in [-0.2, -0.15) is 0 Å². The molecule has 1 aromatic heterocycles. The second-order valence-electron chi connectivity index (χ2n) is 4.08. The number of carbonyl (C=O) groups excluding carboxylic acids is 1. The SMILES string of the molecule is CC(NC(=O)c1cc(Cl)ccn1)c1ccccc1F. The van der Waals surface area contributed by atoms with E-state index in [0.717, 1.165) is 0 Å². The summed E-state index contributed by atoms with van der Waals surface area (Å²) in [6, 6.07) is 8.91. The van der Waals surface area contributed by atoms with Crippen molar-refractivity contribution in [3.63, 3.8) is 0 Å². The van der Waals surface area contributed by atoms with Gasteiger partial charge in [0.25, 0.3) is 5.91 Å². The van der Waals surface area contributed by atoms with Crippen molar-refractivity contribution in [2.75, 3.05) is 0 Å². The highest BCUT2D eigenvalue weighted by Crippen LogP contribution is 2.17. The van der Waals surface area contributed by atoms with Crippen molar-refractivity contribution in [2.45, 2.75) is 13.0 Å². The summed E-state index contributed by atoms with van der Waals surface area (Å²) < 4.78 is 13.6. The molecule has 1 atom stereocenters. The lowest BCUT2D eigenvalue weighted by Crippen LogP contribution is -2.27. The van der Waals surface area contributed by atoms with Gasteiger partial charge < -0.3 is 5.32 Å². The molecule has 0 aliphatic rings. The van der Waals surface area contributed by atoms with Crippen LogP contribution in [-0.4, -0.2) is 10.9 Å². The van der Waals surface area contributed by atoms with Gasteiger partial charge in [-0.15, -0.1) is 0 Å². The Morgan fingerprint density at radius 1 is 1.37 bits per heavy atom. The smallest absolute Gasteiger partial charge is 0.270 e. The van der Waals surface area contributed by atoms with Gasteiger partial charge in [-0.3, -0.25) is 9.78 Å². The van der Waals surface area contributed by atoms with Crippen LogP contribution < -0.4 is 5.32 Å². The Morgan fingerprint density at radius 3 is 2.79 bits per heavy atom. The predicted octanol–water partition coefficient (Wildman–Crippen LogP) is 3.37. The van der Waals surface area contributed by atoms with E-state index in [4.69, 9.17) is 11.6 Å². The molecule has 98 valence electrons. The molecule has 1 aromatic carbocycles. The number of benzene rings is 1. The van der Waals surface area contributed by atoms with Crippen molar-refractivity contribution in [3.8, 4) is 0 Å². The van der Waals surface area contributed by atoms with Crippen molar-refractivity contribution >= 4 is 17.5 Å². The number of pyridine rings is 1. The molecule has 0 saturated heterocycles. The van der Waals surface area contributed by atoms with Crippen LogP contribution >= 0.6 is 11.6 Å². The molecule has 0 aliphatic heterocycles. The minimum Gasteiger partial charge on any atom is -0.344 e. The van der Waals surface area contributed by atoms with Gasteiger partial charge in [-0.05, 0) is 25.1 Å². The number of aromatic nitrogens is 1. The summed E-state index contributed by atoms with van der Waals surface area (Å²) in [4.78, 5) is 15.9. The van der Waals surface area contributed by atoms with Crippen LogP contribution in [0.2, 0.25) is 5.02 Å². The first-order valence-corrected chi connectivity index (χ1v) is 6.12. The van der Waals surface area contributed by atoms with Gasteiger partial charge >= 0.3 is 0 Å². The number of carbonyl (C=O) groups is 1. The molecule has 3 nitrogen and oxygen atoms in total. The van der Waals surface area contributed by atoms with E-state index in [2.05, 4.69) is 10.3 Å². The Bertz CT molecular complexity index is 604. The molecule has 0 fully saturated rings. The molecule has 1 heterocycles. The molecule has 1 N–H and O–H groups in total. The number of halogens is 2. The Kier molecular flexibility index (Phi) is 4.12. The third-order valence-electron chi connectivity index (χ3n) is 2.67. The molecule has 0 saturated carbocycles. The largest absolute Gasteiger partial charge is 0.344 e. The van der Waals surface area contributed by atoms with Crippen molar-refractivity contribution in [1.82, 2.24) is 10.3 Å². The van der Waals surface area contributed by atoms with Crippen LogP contribution in [0.3, 0.4) is 0 Å². The van der Waals surface area contributed by atoms with Crippen LogP contribution in [0.25, 0.3) is 0 Å². The van der Waals surface area contributed by atoms with Gasteiger partial charge in [-0.25, -0.2) is 4.39 Å². The van der Waals surface area contributed by atoms with Crippen molar-refractivity contribution < 1.29 is 9.18 Å². The van der Waals surface area contributed by atoms with Gasteiger partial charge in [0.1, 0.15) is 11.5 Å². The van der Waals surface area contributed by atoms with E-state index in [0.29, 0.717) is 10.6 Å². The molecule has 2 rings (SSSR count). The van der Waals surface area contributed by atoms with Crippen molar-refractivity contribution in [1.29, 1.82) is 0 Å². The van der Waals surface area contributed by atoms with Gasteiger partial charge in [0.15, 0.2) is 0 Å². The third-order valence-corrected chi connectivity index (χ3v) is 2.91. The molecule has 0 aliphatic carbocycles. The molecule has 2 aromatic rings. The lowest BCUT2D eigenvalue weighted by molar-refractivity contribution is 0.0934. The average Bonchev–Trinajstić information content (AvgIpc) is 2.39.